The molecule has 0 aliphatic rings. The number of carbonyl (C=O) groups excluding carboxylic acids is 1. The summed E-state index contributed by atoms with van der Waals surface area (Å²) in [6, 6.07) is 11.6. The zero-order valence-electron chi connectivity index (χ0n) is 9.40. The summed E-state index contributed by atoms with van der Waals surface area (Å²) in [5.41, 5.74) is 1.76. The van der Waals surface area contributed by atoms with Crippen molar-refractivity contribution in [2.45, 2.75) is 20.0 Å². The number of carbonyl (C=O) groups is 1. The van der Waals surface area contributed by atoms with Gasteiger partial charge in [-0.2, -0.15) is 0 Å². The van der Waals surface area contributed by atoms with Gasteiger partial charge in [-0.15, -0.1) is 0 Å². The fourth-order valence-corrected chi connectivity index (χ4v) is 1.76. The predicted molar refractivity (Wildman–Crippen MR) is 64.7 cm³/mol. The van der Waals surface area contributed by atoms with Crippen LogP contribution in [0.15, 0.2) is 36.4 Å². The number of hydrogen-bond acceptors (Lipinski definition) is 2. The van der Waals surface area contributed by atoms with E-state index in [0.29, 0.717) is 5.56 Å². The molecule has 0 bridgehead atoms. The highest BCUT2D eigenvalue weighted by Crippen LogP contribution is 2.18. The maximum Gasteiger partial charge on any atom is 0.190 e. The van der Waals surface area contributed by atoms with E-state index in [9.17, 15) is 9.90 Å². The molecule has 0 aliphatic carbocycles. The lowest BCUT2D eigenvalue weighted by Gasteiger charge is -2.05. The molecule has 2 nitrogen and oxygen atoms in total. The van der Waals surface area contributed by atoms with Crippen LogP contribution in [0, 0.1) is 6.92 Å². The van der Waals surface area contributed by atoms with Gasteiger partial charge < -0.3 is 5.11 Å². The van der Waals surface area contributed by atoms with Crippen LogP contribution in [0.25, 0.3) is 10.8 Å². The maximum atomic E-state index is 11.6. The number of hydrogen-bond donors (Lipinski definition) is 1. The van der Waals surface area contributed by atoms with E-state index in [-0.39, 0.29) is 5.78 Å². The average Bonchev–Trinajstić information content (AvgIpc) is 2.27. The number of Topliss-reactive ketones (excluding diaryl/α,β-unsaturated/α-hetero) is 1. The topological polar surface area (TPSA) is 37.3 Å². The van der Waals surface area contributed by atoms with Crippen molar-refractivity contribution in [3.05, 3.63) is 47.5 Å². The second-order valence-corrected chi connectivity index (χ2v) is 4.11. The Morgan fingerprint density at radius 3 is 2.44 bits per heavy atom. The van der Waals surface area contributed by atoms with Gasteiger partial charge in [0.2, 0.25) is 0 Å². The minimum atomic E-state index is -0.942. The lowest BCUT2D eigenvalue weighted by molar-refractivity contribution is 0.0779. The molecule has 1 unspecified atom stereocenters. The Morgan fingerprint density at radius 1 is 1.12 bits per heavy atom. The second kappa shape index (κ2) is 4.06. The van der Waals surface area contributed by atoms with E-state index in [0.717, 1.165) is 10.8 Å². The van der Waals surface area contributed by atoms with E-state index in [1.54, 1.807) is 6.07 Å². The molecule has 0 saturated carbocycles. The zero-order chi connectivity index (χ0) is 11.7. The van der Waals surface area contributed by atoms with Crippen LogP contribution in [0.2, 0.25) is 0 Å². The summed E-state index contributed by atoms with van der Waals surface area (Å²) in [7, 11) is 0. The number of benzene rings is 2. The van der Waals surface area contributed by atoms with Gasteiger partial charge in [0.15, 0.2) is 5.78 Å². The van der Waals surface area contributed by atoms with Gasteiger partial charge in [-0.3, -0.25) is 4.79 Å². The molecule has 16 heavy (non-hydrogen) atoms. The van der Waals surface area contributed by atoms with Gasteiger partial charge in [-0.05, 0) is 30.7 Å². The van der Waals surface area contributed by atoms with Gasteiger partial charge >= 0.3 is 0 Å². The third-order valence-electron chi connectivity index (χ3n) is 2.66. The molecule has 0 radical (unpaired) electrons. The maximum absolute atomic E-state index is 11.6. The zero-order valence-corrected chi connectivity index (χ0v) is 9.40. The van der Waals surface area contributed by atoms with Crippen LogP contribution < -0.4 is 0 Å². The standard InChI is InChI=1S/C14H14O2/c1-9-3-4-12-8-13(14(16)10(2)15)6-5-11(12)7-9/h3-8,10,15H,1-2H3. The van der Waals surface area contributed by atoms with Crippen molar-refractivity contribution in [2.75, 3.05) is 0 Å². The Hall–Kier alpha value is -1.67. The van der Waals surface area contributed by atoms with Crippen LogP contribution in [0.3, 0.4) is 0 Å². The van der Waals surface area contributed by atoms with Gasteiger partial charge in [0.05, 0.1) is 0 Å². The van der Waals surface area contributed by atoms with E-state index >= 15 is 0 Å². The molecule has 0 saturated heterocycles. The number of fused-ring (bicyclic) bond motifs is 1. The third kappa shape index (κ3) is 1.97. The first-order valence-corrected chi connectivity index (χ1v) is 5.30. The van der Waals surface area contributed by atoms with Crippen molar-refractivity contribution >= 4 is 16.6 Å². The van der Waals surface area contributed by atoms with Crippen LogP contribution >= 0.6 is 0 Å². The molecule has 82 valence electrons. The third-order valence-corrected chi connectivity index (χ3v) is 2.66. The van der Waals surface area contributed by atoms with Gasteiger partial charge in [0.1, 0.15) is 6.10 Å². The molecule has 1 N–H and O–H groups in total. The lowest BCUT2D eigenvalue weighted by atomic mass is 10.0. The minimum absolute atomic E-state index is 0.234. The molecule has 0 amide bonds. The molecule has 2 rings (SSSR count). The Labute approximate surface area is 94.5 Å². The fourth-order valence-electron chi connectivity index (χ4n) is 1.76. The normalized spacial score (nSPS) is 12.7. The fraction of sp³-hybridized carbons (Fsp3) is 0.214. The molecule has 2 aromatic rings. The molecule has 0 aliphatic heterocycles. The smallest absolute Gasteiger partial charge is 0.190 e. The molecule has 0 spiro atoms. The highest BCUT2D eigenvalue weighted by molar-refractivity contribution is 6.02. The van der Waals surface area contributed by atoms with Crippen LogP contribution in [0.1, 0.15) is 22.8 Å². The van der Waals surface area contributed by atoms with E-state index in [2.05, 4.69) is 6.07 Å². The van der Waals surface area contributed by atoms with Gasteiger partial charge in [0, 0.05) is 5.56 Å². The summed E-state index contributed by atoms with van der Waals surface area (Å²) in [5.74, 6) is -0.234. The Bertz CT molecular complexity index is 541. The molecule has 2 aromatic carbocycles. The molecule has 1 atom stereocenters. The van der Waals surface area contributed by atoms with Crippen molar-refractivity contribution in [1.29, 1.82) is 0 Å². The van der Waals surface area contributed by atoms with E-state index in [1.807, 2.05) is 31.2 Å². The van der Waals surface area contributed by atoms with E-state index in [4.69, 9.17) is 0 Å². The molecular formula is C14H14O2. The van der Waals surface area contributed by atoms with Crippen LogP contribution in [0.5, 0.6) is 0 Å². The number of aliphatic hydroxyl groups is 1. The first-order valence-electron chi connectivity index (χ1n) is 5.30. The summed E-state index contributed by atoms with van der Waals surface area (Å²) >= 11 is 0. The van der Waals surface area contributed by atoms with E-state index < -0.39 is 6.10 Å². The van der Waals surface area contributed by atoms with E-state index in [1.165, 1.54) is 12.5 Å². The van der Waals surface area contributed by atoms with Crippen LogP contribution in [-0.4, -0.2) is 17.0 Å². The van der Waals surface area contributed by atoms with Crippen molar-refractivity contribution in [2.24, 2.45) is 0 Å². The predicted octanol–water partition coefficient (Wildman–Crippen LogP) is 2.71. The summed E-state index contributed by atoms with van der Waals surface area (Å²) in [4.78, 5) is 11.6. The summed E-state index contributed by atoms with van der Waals surface area (Å²) in [5, 5.41) is 11.4. The molecule has 0 heterocycles. The molecular weight excluding hydrogens is 200 g/mol. The van der Waals surface area contributed by atoms with Crippen LogP contribution in [0.4, 0.5) is 0 Å². The summed E-state index contributed by atoms with van der Waals surface area (Å²) in [6.07, 6.45) is -0.942. The lowest BCUT2D eigenvalue weighted by Crippen LogP contribution is -2.15. The highest BCUT2D eigenvalue weighted by Gasteiger charge is 2.11. The monoisotopic (exact) mass is 214 g/mol. The highest BCUT2D eigenvalue weighted by atomic mass is 16.3. The summed E-state index contributed by atoms with van der Waals surface area (Å²) < 4.78 is 0. The largest absolute Gasteiger partial charge is 0.385 e. The van der Waals surface area contributed by atoms with Gasteiger partial charge in [-0.25, -0.2) is 0 Å². The number of ketones is 1. The van der Waals surface area contributed by atoms with Crippen molar-refractivity contribution in [1.82, 2.24) is 0 Å². The van der Waals surface area contributed by atoms with Gasteiger partial charge in [0.25, 0.3) is 0 Å². The Balaban J connectivity index is 2.52. The number of rotatable bonds is 2. The second-order valence-electron chi connectivity index (χ2n) is 4.11. The first-order chi connectivity index (χ1) is 7.58. The van der Waals surface area contributed by atoms with Crippen molar-refractivity contribution in [3.63, 3.8) is 0 Å². The number of aliphatic hydroxyl groups excluding tert-OH is 1. The minimum Gasteiger partial charge on any atom is -0.385 e. The average molecular weight is 214 g/mol. The van der Waals surface area contributed by atoms with Crippen LogP contribution in [-0.2, 0) is 0 Å². The Morgan fingerprint density at radius 2 is 1.75 bits per heavy atom. The number of aryl methyl sites for hydroxylation is 1. The first kappa shape index (κ1) is 10.8. The molecule has 2 heteroatoms. The molecule has 0 fully saturated rings. The quantitative estimate of drug-likeness (QED) is 0.780. The Kier molecular flexibility index (Phi) is 2.75. The van der Waals surface area contributed by atoms with Gasteiger partial charge in [-0.1, -0.05) is 35.9 Å². The SMILES string of the molecule is Cc1ccc2cc(C(=O)C(C)O)ccc2c1. The summed E-state index contributed by atoms with van der Waals surface area (Å²) in [6.45, 7) is 3.52. The van der Waals surface area contributed by atoms with Crippen molar-refractivity contribution < 1.29 is 9.90 Å². The molecule has 0 aromatic heterocycles. The van der Waals surface area contributed by atoms with Crippen molar-refractivity contribution in [3.8, 4) is 0 Å².